The Bertz CT molecular complexity index is 3130. The molecule has 9 N–H and O–H groups in total. The fourth-order valence-electron chi connectivity index (χ4n) is 8.29. The van der Waals surface area contributed by atoms with Crippen LogP contribution in [0.2, 0.25) is 0 Å². The molecule has 2 aromatic carbocycles. The van der Waals surface area contributed by atoms with Gasteiger partial charge in [0.05, 0.1) is 29.2 Å². The molecule has 4 aromatic rings. The van der Waals surface area contributed by atoms with Gasteiger partial charge in [-0.1, -0.05) is 48.5 Å². The van der Waals surface area contributed by atoms with Crippen LogP contribution in [0.5, 0.6) is 5.75 Å². The van der Waals surface area contributed by atoms with Crippen molar-refractivity contribution in [3.63, 3.8) is 0 Å². The molecule has 5 atom stereocenters. The van der Waals surface area contributed by atoms with Crippen molar-refractivity contribution in [2.75, 3.05) is 38.5 Å². The third-order valence-corrected chi connectivity index (χ3v) is 15.7. The minimum Gasteiger partial charge on any atom is -0.548 e. The van der Waals surface area contributed by atoms with E-state index < -0.39 is 97.6 Å². The Hall–Kier alpha value is -7.18. The van der Waals surface area contributed by atoms with E-state index in [1.807, 2.05) is 20.8 Å². The number of β-amino-alcohol motifs (C(OH)–C–C–N with tert-alkyl or cyclic N) is 1. The van der Waals surface area contributed by atoms with Gasteiger partial charge in [-0.25, -0.2) is 23.2 Å². The molecular weight excluding hydrogens is 1110 g/mol. The second kappa shape index (κ2) is 28.0. The monoisotopic (exact) mass is 1170 g/mol. The van der Waals surface area contributed by atoms with Crippen LogP contribution >= 0.6 is 11.8 Å². The van der Waals surface area contributed by atoms with Crippen molar-refractivity contribution in [3.8, 4) is 5.75 Å². The maximum absolute atomic E-state index is 13.3. The molecule has 0 spiro atoms. The molecule has 6 heterocycles. The molecule has 4 aliphatic rings. The van der Waals surface area contributed by atoms with Gasteiger partial charge in [0.1, 0.15) is 40.8 Å². The van der Waals surface area contributed by atoms with E-state index in [9.17, 15) is 62.4 Å². The number of carboxylic acids is 2. The van der Waals surface area contributed by atoms with E-state index in [1.165, 1.54) is 53.0 Å². The van der Waals surface area contributed by atoms with E-state index in [0.717, 1.165) is 16.1 Å². The number of thioether (sulfide) groups is 1. The molecule has 3 fully saturated rings. The Morgan fingerprint density at radius 3 is 2.11 bits per heavy atom. The number of pyridine rings is 2. The van der Waals surface area contributed by atoms with Crippen molar-refractivity contribution < 1.29 is 107 Å². The largest absolute Gasteiger partial charge is 1.00 e. The first-order chi connectivity index (χ1) is 37.5. The number of nitrogens with one attached hydrogen (secondary N) is 4. The van der Waals surface area contributed by atoms with Gasteiger partial charge in [0.15, 0.2) is 11.5 Å². The summed E-state index contributed by atoms with van der Waals surface area (Å²) >= 11 is 1.24. The first-order valence-corrected chi connectivity index (χ1v) is 26.9. The normalized spacial score (nSPS) is 19.1. The van der Waals surface area contributed by atoms with Gasteiger partial charge in [-0.05, 0) is 83.5 Å². The number of likely N-dealkylation sites (N-methyl/N-ethyl adjacent to an activating group) is 2. The molecule has 430 valence electrons. The second-order valence-corrected chi connectivity index (χ2v) is 23.3. The van der Waals surface area contributed by atoms with Gasteiger partial charge in [0.25, 0.3) is 21.9 Å². The Balaban J connectivity index is 0.000000269. The van der Waals surface area contributed by atoms with Gasteiger partial charge in [-0.3, -0.25) is 38.0 Å². The number of piperazine rings is 1. The maximum atomic E-state index is 13.3. The molecule has 0 bridgehead atoms. The predicted molar refractivity (Wildman–Crippen MR) is 286 cm³/mol. The fourth-order valence-corrected chi connectivity index (χ4v) is 11.3. The average Bonchev–Trinajstić information content (AvgIpc) is 3.68. The number of imide groups is 1. The molecule has 0 radical (unpaired) electrons. The molecular formula is C52H63N10NaO16S2. The van der Waals surface area contributed by atoms with Crippen LogP contribution in [0.3, 0.4) is 0 Å². The topological polar surface area (TPSA) is 382 Å². The number of hydrogen-bond donors (Lipinski definition) is 9. The number of sulfonamides is 1. The summed E-state index contributed by atoms with van der Waals surface area (Å²) in [6.45, 7) is 12.7. The molecule has 4 aliphatic heterocycles. The summed E-state index contributed by atoms with van der Waals surface area (Å²) in [4.78, 5) is 108. The number of aliphatic hydroxyl groups excluding tert-OH is 3. The summed E-state index contributed by atoms with van der Waals surface area (Å²) in [5.41, 5.74) is 0.662. The maximum Gasteiger partial charge on any atom is 1.00 e. The number of amides is 7. The zero-order chi connectivity index (χ0) is 59.6. The molecule has 26 nitrogen and oxygen atoms in total. The quantitative estimate of drug-likeness (QED) is 0.0413. The van der Waals surface area contributed by atoms with Gasteiger partial charge in [0, 0.05) is 62.2 Å². The van der Waals surface area contributed by atoms with Crippen molar-refractivity contribution in [1.29, 1.82) is 0 Å². The molecule has 2 aromatic heterocycles. The standard InChI is InChI=1S/C23H27N5O7S.C15H13N3O4S.C12H20N2O3.C2H4O2.Na/c1-4-26-10-11-27(19(32)18(26)31)22(35)25-13(12-8-6-5-7-9-12)16(29)24-14-17(30)28-15(21(33)34)23(2,3)36-20(14)28;1-18-13(15(20)17-12-8-4-5-9-16-12)14(19)10-6-2-3-7-11(10)23(18,21)22;1-12(2,3)13-6-11(17)8-4-5-10(16)9(7-15)14-8;1-2(3)4;/h5-9,13-15,20H,4,10-11H2,1-3H3,(H,24,29)(H,25,35)(H,33,34);2-9,19H,1H3,(H,16,17,20);4-5,11,13,15-17H,6-7H2,1-3H3;1H3,(H,3,4);/q;;;;+1/p-1/t13-,14-,15+,20-;;;;/m1..../s1. The second-order valence-electron chi connectivity index (χ2n) is 19.6. The Morgan fingerprint density at radius 1 is 0.914 bits per heavy atom. The van der Waals surface area contributed by atoms with Crippen molar-refractivity contribution >= 4 is 80.9 Å². The SMILES string of the molecule is CC(=O)O.CC(C)(C)NCC(O)c1ccc(O)c(CO)n1.CCN1CCN(C(=O)N[C@@H](C(=O)N[C@@H]2C(=O)N3[C@@H]2SC(C)(C)[C@@H]3C(=O)[O-])c2ccccc2)C(=O)C1=O.CN1C(C(=O)Nc2ccccn2)=C(O)c2ccccc2S1(=O)=O.[Na+]. The van der Waals surface area contributed by atoms with E-state index in [4.69, 9.17) is 15.0 Å². The molecule has 7 amide bonds. The van der Waals surface area contributed by atoms with Crippen LogP contribution in [0, 0.1) is 0 Å². The number of hydrogen-bond acceptors (Lipinski definition) is 19. The summed E-state index contributed by atoms with van der Waals surface area (Å²) in [7, 11) is -2.69. The summed E-state index contributed by atoms with van der Waals surface area (Å²) in [5.74, 6) is -6.24. The molecule has 0 saturated carbocycles. The Labute approximate surface area is 493 Å². The van der Waals surface area contributed by atoms with Gasteiger partial charge >= 0.3 is 47.4 Å². The summed E-state index contributed by atoms with van der Waals surface area (Å²) in [6, 6.07) is 17.8. The van der Waals surface area contributed by atoms with Gasteiger partial charge < -0.3 is 66.5 Å². The number of urea groups is 1. The first kappa shape index (κ1) is 66.3. The number of carboxylic acid groups (broad SMARTS) is 2. The number of aromatic nitrogens is 2. The zero-order valence-corrected chi connectivity index (χ0v) is 49.4. The number of benzene rings is 2. The van der Waals surface area contributed by atoms with Crippen LogP contribution in [-0.2, 0) is 50.2 Å². The summed E-state index contributed by atoms with van der Waals surface area (Å²) in [6.07, 6.45) is 0.723. The van der Waals surface area contributed by atoms with E-state index in [1.54, 1.807) is 87.5 Å². The van der Waals surface area contributed by atoms with Crippen LogP contribution in [0.4, 0.5) is 10.6 Å². The molecule has 29 heteroatoms. The molecule has 1 unspecified atom stereocenters. The third-order valence-electron chi connectivity index (χ3n) is 12.3. The average molecular weight is 1170 g/mol. The van der Waals surface area contributed by atoms with Crippen LogP contribution in [0.15, 0.2) is 102 Å². The molecule has 8 rings (SSSR count). The number of fused-ring (bicyclic) bond motifs is 2. The predicted octanol–water partition coefficient (Wildman–Crippen LogP) is -2.20. The Morgan fingerprint density at radius 2 is 1.53 bits per heavy atom. The van der Waals surface area contributed by atoms with E-state index >= 15 is 0 Å². The third kappa shape index (κ3) is 16.1. The number of β-lactam (4-membered cyclic amide) rings is 1. The number of aliphatic hydroxyl groups is 3. The van der Waals surface area contributed by atoms with Crippen LogP contribution in [0.25, 0.3) is 5.76 Å². The van der Waals surface area contributed by atoms with Crippen LogP contribution in [-0.4, -0.2) is 171 Å². The molecule has 81 heavy (non-hydrogen) atoms. The number of carbonyl (C=O) groups excluding carboxylic acids is 7. The summed E-state index contributed by atoms with van der Waals surface area (Å²) in [5, 5.41) is 67.8. The number of rotatable bonds is 12. The fraction of sp³-hybridized carbons (Fsp3) is 0.385. The van der Waals surface area contributed by atoms with Gasteiger partial charge in [-0.2, -0.15) is 0 Å². The minimum absolute atomic E-state index is 0. The summed E-state index contributed by atoms with van der Waals surface area (Å²) < 4.78 is 25.0. The van der Waals surface area contributed by atoms with E-state index in [-0.39, 0.29) is 88.2 Å². The minimum atomic E-state index is -3.91. The van der Waals surface area contributed by atoms with Crippen molar-refractivity contribution in [1.82, 2.24) is 44.9 Å². The van der Waals surface area contributed by atoms with Crippen molar-refractivity contribution in [3.05, 3.63) is 119 Å². The number of carbonyl (C=O) groups is 8. The van der Waals surface area contributed by atoms with Crippen LogP contribution in [0.1, 0.15) is 83.1 Å². The number of aliphatic carboxylic acids is 2. The van der Waals surface area contributed by atoms with Crippen LogP contribution < -0.4 is 55.9 Å². The smallest absolute Gasteiger partial charge is 0.548 e. The van der Waals surface area contributed by atoms with Gasteiger partial charge in [0.2, 0.25) is 11.8 Å². The number of anilines is 1. The van der Waals surface area contributed by atoms with E-state index in [0.29, 0.717) is 24.3 Å². The van der Waals surface area contributed by atoms with E-state index in [2.05, 4.69) is 31.2 Å². The molecule has 0 aliphatic carbocycles. The number of aromatic hydroxyl groups is 1. The number of nitrogens with zero attached hydrogens (tertiary/aromatic N) is 6. The Kier molecular flexibility index (Phi) is 22.9. The first-order valence-electron chi connectivity index (χ1n) is 24.6. The zero-order valence-electron chi connectivity index (χ0n) is 45.8. The van der Waals surface area contributed by atoms with Crippen molar-refractivity contribution in [2.24, 2.45) is 0 Å². The molecule has 3 saturated heterocycles. The van der Waals surface area contributed by atoms with Crippen molar-refractivity contribution in [2.45, 2.75) is 99.9 Å². The van der Waals surface area contributed by atoms with Gasteiger partial charge in [-0.15, -0.1) is 11.8 Å².